The molecule has 0 atom stereocenters. The van der Waals surface area contributed by atoms with Crippen molar-refractivity contribution in [3.05, 3.63) is 69.1 Å². The Morgan fingerprint density at radius 2 is 1.83 bits per heavy atom. The minimum absolute atomic E-state index is 0.237. The molecule has 1 N–H and O–H groups in total. The van der Waals surface area contributed by atoms with E-state index >= 15 is 0 Å². The summed E-state index contributed by atoms with van der Waals surface area (Å²) in [5.74, 6) is -0.480. The summed E-state index contributed by atoms with van der Waals surface area (Å²) < 4.78 is 7.53. The molecule has 6 nitrogen and oxygen atoms in total. The Labute approximate surface area is 171 Å². The first-order chi connectivity index (χ1) is 13.8. The largest absolute Gasteiger partial charge is 0.493 e. The molecule has 1 heterocycles. The smallest absolute Gasteiger partial charge is 0.341 e. The fraction of sp³-hybridized carbons (Fsp3) is 0.348. The van der Waals surface area contributed by atoms with Crippen LogP contribution in [0.15, 0.2) is 51.9 Å². The van der Waals surface area contributed by atoms with Gasteiger partial charge in [0.15, 0.2) is 5.43 Å². The number of aromatic nitrogens is 1. The molecule has 0 spiro atoms. The van der Waals surface area contributed by atoms with E-state index in [-0.39, 0.29) is 5.56 Å². The number of ether oxygens (including phenoxy) is 1. The van der Waals surface area contributed by atoms with Crippen molar-refractivity contribution in [3.63, 3.8) is 0 Å². The summed E-state index contributed by atoms with van der Waals surface area (Å²) in [6.07, 6.45) is 2.20. The lowest BCUT2D eigenvalue weighted by molar-refractivity contribution is 0.0694. The molecule has 0 unspecified atom stereocenters. The van der Waals surface area contributed by atoms with Crippen molar-refractivity contribution in [2.45, 2.75) is 47.6 Å². The maximum Gasteiger partial charge on any atom is 0.341 e. The first-order valence-corrected chi connectivity index (χ1v) is 9.73. The van der Waals surface area contributed by atoms with Crippen molar-refractivity contribution in [1.29, 1.82) is 0 Å². The molecular weight excluding hydrogens is 368 g/mol. The lowest BCUT2D eigenvalue weighted by Gasteiger charge is -2.16. The van der Waals surface area contributed by atoms with Crippen LogP contribution in [0.4, 0.5) is 0 Å². The number of benzene rings is 1. The van der Waals surface area contributed by atoms with Crippen LogP contribution in [0.5, 0.6) is 5.75 Å². The zero-order valence-electron chi connectivity index (χ0n) is 17.7. The van der Waals surface area contributed by atoms with Crippen molar-refractivity contribution in [3.8, 4) is 5.75 Å². The van der Waals surface area contributed by atoms with Gasteiger partial charge in [0.25, 0.3) is 0 Å². The second-order valence-electron chi connectivity index (χ2n) is 6.91. The van der Waals surface area contributed by atoms with Gasteiger partial charge in [0, 0.05) is 24.4 Å². The Hall–Kier alpha value is -3.15. The third-order valence-corrected chi connectivity index (χ3v) is 4.39. The number of hydrogen-bond acceptors (Lipinski definition) is 4. The normalized spacial score (nSPS) is 11.3. The number of carbonyl (C=O) groups is 1. The highest BCUT2D eigenvalue weighted by molar-refractivity contribution is 6.01. The summed E-state index contributed by atoms with van der Waals surface area (Å²) in [4.78, 5) is 28.5. The Balaban J connectivity index is 2.64. The molecule has 1 aromatic heterocycles. The van der Waals surface area contributed by atoms with Gasteiger partial charge in [-0.1, -0.05) is 19.1 Å². The van der Waals surface area contributed by atoms with Crippen molar-refractivity contribution in [1.82, 2.24) is 4.57 Å². The summed E-state index contributed by atoms with van der Waals surface area (Å²) >= 11 is 0. The number of hydrogen-bond donors (Lipinski definition) is 1. The molecule has 0 aliphatic rings. The SMILES string of the molecule is CCCn1cc(C(=O)O)c(=O)cc1C(C)=NC(=C(C)C)c1ccccc1OCC. The number of nitrogens with zero attached hydrogens (tertiary/aromatic N) is 2. The number of aliphatic imine (C=N–C) groups is 1. The second-order valence-corrected chi connectivity index (χ2v) is 6.91. The predicted molar refractivity (Wildman–Crippen MR) is 116 cm³/mol. The third-order valence-electron chi connectivity index (χ3n) is 4.39. The Morgan fingerprint density at radius 1 is 1.14 bits per heavy atom. The van der Waals surface area contributed by atoms with E-state index in [9.17, 15) is 14.7 Å². The number of carboxylic acids is 1. The van der Waals surface area contributed by atoms with E-state index in [4.69, 9.17) is 9.73 Å². The van der Waals surface area contributed by atoms with Crippen LogP contribution >= 0.6 is 0 Å². The molecule has 2 aromatic rings. The minimum atomic E-state index is -1.23. The Kier molecular flexibility index (Phi) is 7.53. The van der Waals surface area contributed by atoms with E-state index in [0.29, 0.717) is 24.6 Å². The molecular formula is C23H28N2O4. The van der Waals surface area contributed by atoms with Gasteiger partial charge < -0.3 is 14.4 Å². The first kappa shape index (κ1) is 22.1. The summed E-state index contributed by atoms with van der Waals surface area (Å²) in [5.41, 5.74) is 3.12. The molecule has 6 heteroatoms. The number of pyridine rings is 1. The topological polar surface area (TPSA) is 80.9 Å². The van der Waals surface area contributed by atoms with E-state index in [1.807, 2.05) is 58.9 Å². The number of allylic oxidation sites excluding steroid dienone is 1. The van der Waals surface area contributed by atoms with Crippen LogP contribution in [0.3, 0.4) is 0 Å². The van der Waals surface area contributed by atoms with Gasteiger partial charge in [-0.15, -0.1) is 0 Å². The van der Waals surface area contributed by atoms with Gasteiger partial charge in [-0.05, 0) is 51.8 Å². The highest BCUT2D eigenvalue weighted by atomic mass is 16.5. The predicted octanol–water partition coefficient (Wildman–Crippen LogP) is 4.62. The highest BCUT2D eigenvalue weighted by Crippen LogP contribution is 2.30. The molecule has 0 bridgehead atoms. The Bertz CT molecular complexity index is 1010. The lowest BCUT2D eigenvalue weighted by Crippen LogP contribution is -2.22. The fourth-order valence-corrected chi connectivity index (χ4v) is 3.08. The molecule has 1 aromatic carbocycles. The van der Waals surface area contributed by atoms with Gasteiger partial charge >= 0.3 is 5.97 Å². The van der Waals surface area contributed by atoms with Crippen molar-refractivity contribution >= 4 is 17.4 Å². The van der Waals surface area contributed by atoms with Gasteiger partial charge in [0.2, 0.25) is 0 Å². The van der Waals surface area contributed by atoms with Crippen LogP contribution in [0.2, 0.25) is 0 Å². The number of carboxylic acid groups (broad SMARTS) is 1. The van der Waals surface area contributed by atoms with Crippen molar-refractivity contribution in [2.24, 2.45) is 4.99 Å². The van der Waals surface area contributed by atoms with E-state index in [2.05, 4.69) is 0 Å². The summed E-state index contributed by atoms with van der Waals surface area (Å²) in [6.45, 7) is 10.8. The average Bonchev–Trinajstić information content (AvgIpc) is 2.67. The van der Waals surface area contributed by atoms with Crippen molar-refractivity contribution in [2.75, 3.05) is 6.61 Å². The zero-order chi connectivity index (χ0) is 21.6. The molecule has 0 fully saturated rings. The van der Waals surface area contributed by atoms with Gasteiger partial charge in [0.05, 0.1) is 23.7 Å². The van der Waals surface area contributed by atoms with Crippen LogP contribution in [0.25, 0.3) is 5.70 Å². The average molecular weight is 396 g/mol. The third kappa shape index (κ3) is 5.22. The fourth-order valence-electron chi connectivity index (χ4n) is 3.08. The quantitative estimate of drug-likeness (QED) is 0.661. The maximum absolute atomic E-state index is 12.3. The van der Waals surface area contributed by atoms with Crippen LogP contribution in [0.1, 0.15) is 62.7 Å². The van der Waals surface area contributed by atoms with Gasteiger partial charge in [-0.3, -0.25) is 9.79 Å². The van der Waals surface area contributed by atoms with Crippen molar-refractivity contribution < 1.29 is 14.6 Å². The number of aryl methyl sites for hydroxylation is 1. The van der Waals surface area contributed by atoms with Crippen LogP contribution in [-0.4, -0.2) is 28.0 Å². The number of aromatic carboxylic acids is 1. The standard InChI is InChI=1S/C23H28N2O4/c1-6-12-25-14-18(23(27)28)20(26)13-19(25)16(5)24-22(15(3)4)17-10-8-9-11-21(17)29-7-2/h8-11,13-14H,6-7,12H2,1-5H3,(H,27,28). The molecule has 0 aliphatic carbocycles. The molecule has 0 radical (unpaired) electrons. The lowest BCUT2D eigenvalue weighted by atomic mass is 10.1. The molecule has 0 saturated heterocycles. The minimum Gasteiger partial charge on any atom is -0.493 e. The second kappa shape index (κ2) is 9.87. The Morgan fingerprint density at radius 3 is 2.41 bits per heavy atom. The molecule has 154 valence electrons. The summed E-state index contributed by atoms with van der Waals surface area (Å²) in [6, 6.07) is 9.06. The summed E-state index contributed by atoms with van der Waals surface area (Å²) in [7, 11) is 0. The number of rotatable bonds is 8. The van der Waals surface area contributed by atoms with Gasteiger partial charge in [-0.25, -0.2) is 4.79 Å². The zero-order valence-corrected chi connectivity index (χ0v) is 17.7. The molecule has 0 aliphatic heterocycles. The van der Waals surface area contributed by atoms with Crippen LogP contribution < -0.4 is 10.2 Å². The van der Waals surface area contributed by atoms with Gasteiger partial charge in [-0.2, -0.15) is 0 Å². The molecule has 29 heavy (non-hydrogen) atoms. The first-order valence-electron chi connectivity index (χ1n) is 9.73. The number of para-hydroxylation sites is 1. The monoisotopic (exact) mass is 396 g/mol. The molecule has 2 rings (SSSR count). The summed E-state index contributed by atoms with van der Waals surface area (Å²) in [5, 5.41) is 9.27. The van der Waals surface area contributed by atoms with Crippen LogP contribution in [-0.2, 0) is 6.54 Å². The van der Waals surface area contributed by atoms with E-state index in [0.717, 1.165) is 29.0 Å². The van der Waals surface area contributed by atoms with Gasteiger partial charge in [0.1, 0.15) is 11.3 Å². The van der Waals surface area contributed by atoms with E-state index < -0.39 is 11.4 Å². The molecule has 0 amide bonds. The maximum atomic E-state index is 12.3. The highest BCUT2D eigenvalue weighted by Gasteiger charge is 2.15. The van der Waals surface area contributed by atoms with E-state index in [1.165, 1.54) is 12.3 Å². The van der Waals surface area contributed by atoms with E-state index in [1.54, 1.807) is 4.57 Å². The van der Waals surface area contributed by atoms with Crippen LogP contribution in [0, 0.1) is 0 Å². The molecule has 0 saturated carbocycles.